The van der Waals surface area contributed by atoms with Crippen LogP contribution < -0.4 is 0 Å². The van der Waals surface area contributed by atoms with Crippen LogP contribution in [-0.4, -0.2) is 22.4 Å². The summed E-state index contributed by atoms with van der Waals surface area (Å²) in [7, 11) is 0. The van der Waals surface area contributed by atoms with Crippen LogP contribution in [0.2, 0.25) is 0 Å². The average Bonchev–Trinajstić information content (AvgIpc) is 2.55. The summed E-state index contributed by atoms with van der Waals surface area (Å²) in [5.74, 6) is 0.819. The minimum absolute atomic E-state index is 0.163. The minimum Gasteiger partial charge on any atom is -0.390 e. The zero-order valence-corrected chi connectivity index (χ0v) is 8.74. The molecule has 0 aromatic carbocycles. The van der Waals surface area contributed by atoms with Crippen LogP contribution in [0.3, 0.4) is 0 Å². The SMILES string of the molecule is CC(C)C(O)C(O)CC1CCCC1. The van der Waals surface area contributed by atoms with Crippen LogP contribution in [0, 0.1) is 11.8 Å². The Balaban J connectivity index is 2.26. The highest BCUT2D eigenvalue weighted by atomic mass is 16.3. The zero-order valence-electron chi connectivity index (χ0n) is 8.74. The van der Waals surface area contributed by atoms with Crippen LogP contribution in [0.1, 0.15) is 46.0 Å². The molecule has 13 heavy (non-hydrogen) atoms. The van der Waals surface area contributed by atoms with Gasteiger partial charge in [-0.05, 0) is 18.3 Å². The van der Waals surface area contributed by atoms with E-state index < -0.39 is 12.2 Å². The van der Waals surface area contributed by atoms with Crippen LogP contribution in [0.5, 0.6) is 0 Å². The topological polar surface area (TPSA) is 40.5 Å². The Kier molecular flexibility index (Phi) is 4.20. The Bertz CT molecular complexity index is 139. The van der Waals surface area contributed by atoms with Gasteiger partial charge in [-0.2, -0.15) is 0 Å². The molecule has 0 spiro atoms. The van der Waals surface area contributed by atoms with Gasteiger partial charge in [-0.15, -0.1) is 0 Å². The Morgan fingerprint density at radius 3 is 2.15 bits per heavy atom. The molecule has 2 N–H and O–H groups in total. The maximum absolute atomic E-state index is 9.70. The Morgan fingerprint density at radius 2 is 1.69 bits per heavy atom. The van der Waals surface area contributed by atoms with E-state index in [0.29, 0.717) is 5.92 Å². The van der Waals surface area contributed by atoms with Crippen LogP contribution in [-0.2, 0) is 0 Å². The first-order valence-corrected chi connectivity index (χ1v) is 5.47. The summed E-state index contributed by atoms with van der Waals surface area (Å²) >= 11 is 0. The van der Waals surface area contributed by atoms with Gasteiger partial charge in [0.1, 0.15) is 0 Å². The molecule has 1 saturated carbocycles. The van der Waals surface area contributed by atoms with Gasteiger partial charge in [0.2, 0.25) is 0 Å². The van der Waals surface area contributed by atoms with Crippen molar-refractivity contribution < 1.29 is 10.2 Å². The van der Waals surface area contributed by atoms with Crippen molar-refractivity contribution in [3.63, 3.8) is 0 Å². The second-order valence-electron chi connectivity index (χ2n) is 4.69. The Labute approximate surface area is 81.0 Å². The first-order chi connectivity index (χ1) is 6.11. The van der Waals surface area contributed by atoms with Gasteiger partial charge >= 0.3 is 0 Å². The van der Waals surface area contributed by atoms with E-state index in [2.05, 4.69) is 0 Å². The molecule has 2 atom stereocenters. The largest absolute Gasteiger partial charge is 0.390 e. The van der Waals surface area contributed by atoms with Crippen molar-refractivity contribution in [3.05, 3.63) is 0 Å². The molecule has 1 fully saturated rings. The molecule has 0 aliphatic heterocycles. The number of hydrogen-bond acceptors (Lipinski definition) is 2. The molecule has 78 valence electrons. The van der Waals surface area contributed by atoms with Gasteiger partial charge in [0, 0.05) is 0 Å². The van der Waals surface area contributed by atoms with Crippen molar-refractivity contribution >= 4 is 0 Å². The summed E-state index contributed by atoms with van der Waals surface area (Å²) in [6, 6.07) is 0. The lowest BCUT2D eigenvalue weighted by atomic mass is 9.92. The van der Waals surface area contributed by atoms with Crippen molar-refractivity contribution in [3.8, 4) is 0 Å². The summed E-state index contributed by atoms with van der Waals surface area (Å²) < 4.78 is 0. The second kappa shape index (κ2) is 4.97. The van der Waals surface area contributed by atoms with Crippen molar-refractivity contribution in [1.82, 2.24) is 0 Å². The molecule has 2 unspecified atom stereocenters. The molecular weight excluding hydrogens is 164 g/mol. The molecule has 0 radical (unpaired) electrons. The van der Waals surface area contributed by atoms with Crippen molar-refractivity contribution in [2.24, 2.45) is 11.8 Å². The predicted octanol–water partition coefficient (Wildman–Crippen LogP) is 1.94. The fraction of sp³-hybridized carbons (Fsp3) is 1.00. The first kappa shape index (κ1) is 11.0. The number of aliphatic hydroxyl groups is 2. The van der Waals surface area contributed by atoms with Gasteiger partial charge < -0.3 is 10.2 Å². The first-order valence-electron chi connectivity index (χ1n) is 5.47. The molecule has 2 heteroatoms. The fourth-order valence-electron chi connectivity index (χ4n) is 2.17. The third-order valence-electron chi connectivity index (χ3n) is 3.13. The number of aliphatic hydroxyl groups excluding tert-OH is 2. The summed E-state index contributed by atoms with van der Waals surface area (Å²) in [6.07, 6.45) is 4.82. The average molecular weight is 186 g/mol. The van der Waals surface area contributed by atoms with Crippen LogP contribution in [0.25, 0.3) is 0 Å². The highest BCUT2D eigenvalue weighted by Crippen LogP contribution is 2.29. The summed E-state index contributed by atoms with van der Waals surface area (Å²) in [4.78, 5) is 0. The quantitative estimate of drug-likeness (QED) is 0.704. The summed E-state index contributed by atoms with van der Waals surface area (Å²) in [6.45, 7) is 3.89. The number of rotatable bonds is 4. The molecule has 1 aliphatic rings. The highest BCUT2D eigenvalue weighted by Gasteiger charge is 2.25. The van der Waals surface area contributed by atoms with E-state index in [4.69, 9.17) is 0 Å². The fourth-order valence-corrected chi connectivity index (χ4v) is 2.17. The van der Waals surface area contributed by atoms with Crippen LogP contribution in [0.15, 0.2) is 0 Å². The molecule has 0 aromatic heterocycles. The summed E-state index contributed by atoms with van der Waals surface area (Å²) in [5.41, 5.74) is 0. The predicted molar refractivity (Wildman–Crippen MR) is 53.4 cm³/mol. The van der Waals surface area contributed by atoms with E-state index in [1.165, 1.54) is 25.7 Å². The molecule has 2 nitrogen and oxygen atoms in total. The van der Waals surface area contributed by atoms with Crippen molar-refractivity contribution in [2.45, 2.75) is 58.2 Å². The molecule has 1 rings (SSSR count). The van der Waals surface area contributed by atoms with Gasteiger partial charge in [0.05, 0.1) is 12.2 Å². The molecule has 0 saturated heterocycles. The molecule has 0 heterocycles. The van der Waals surface area contributed by atoms with E-state index in [9.17, 15) is 10.2 Å². The van der Waals surface area contributed by atoms with E-state index in [0.717, 1.165) is 6.42 Å². The highest BCUT2D eigenvalue weighted by molar-refractivity contribution is 4.76. The molecular formula is C11H22O2. The third-order valence-corrected chi connectivity index (χ3v) is 3.13. The molecule has 0 aromatic rings. The van der Waals surface area contributed by atoms with E-state index in [-0.39, 0.29) is 5.92 Å². The normalized spacial score (nSPS) is 23.8. The molecule has 1 aliphatic carbocycles. The van der Waals surface area contributed by atoms with Gasteiger partial charge in [0.15, 0.2) is 0 Å². The minimum atomic E-state index is -0.541. The van der Waals surface area contributed by atoms with Crippen molar-refractivity contribution in [1.29, 1.82) is 0 Å². The lowest BCUT2D eigenvalue weighted by molar-refractivity contribution is -0.0198. The Hall–Kier alpha value is -0.0800. The van der Waals surface area contributed by atoms with Gasteiger partial charge in [0.25, 0.3) is 0 Å². The van der Waals surface area contributed by atoms with Gasteiger partial charge in [-0.1, -0.05) is 39.5 Å². The van der Waals surface area contributed by atoms with E-state index >= 15 is 0 Å². The third kappa shape index (κ3) is 3.28. The molecule has 0 bridgehead atoms. The zero-order chi connectivity index (χ0) is 9.84. The lowest BCUT2D eigenvalue weighted by Gasteiger charge is -2.23. The van der Waals surface area contributed by atoms with E-state index in [1.54, 1.807) is 0 Å². The smallest absolute Gasteiger partial charge is 0.0822 e. The second-order valence-corrected chi connectivity index (χ2v) is 4.69. The van der Waals surface area contributed by atoms with Gasteiger partial charge in [-0.3, -0.25) is 0 Å². The Morgan fingerprint density at radius 1 is 1.15 bits per heavy atom. The summed E-state index contributed by atoms with van der Waals surface area (Å²) in [5, 5.41) is 19.3. The standard InChI is InChI=1S/C11H22O2/c1-8(2)11(13)10(12)7-9-5-3-4-6-9/h8-13H,3-7H2,1-2H3. The van der Waals surface area contributed by atoms with Gasteiger partial charge in [-0.25, -0.2) is 0 Å². The van der Waals surface area contributed by atoms with Crippen LogP contribution in [0.4, 0.5) is 0 Å². The monoisotopic (exact) mass is 186 g/mol. The van der Waals surface area contributed by atoms with E-state index in [1.807, 2.05) is 13.8 Å². The lowest BCUT2D eigenvalue weighted by Crippen LogP contribution is -2.32. The number of hydrogen-bond donors (Lipinski definition) is 2. The van der Waals surface area contributed by atoms with Crippen molar-refractivity contribution in [2.75, 3.05) is 0 Å². The maximum Gasteiger partial charge on any atom is 0.0822 e. The molecule has 0 amide bonds. The van der Waals surface area contributed by atoms with Crippen LogP contribution >= 0.6 is 0 Å². The maximum atomic E-state index is 9.70.